The zero-order valence-electron chi connectivity index (χ0n) is 15.2. The van der Waals surface area contributed by atoms with Gasteiger partial charge in [0.25, 0.3) is 5.91 Å². The van der Waals surface area contributed by atoms with E-state index in [2.05, 4.69) is 31.2 Å². The molecule has 1 amide bonds. The van der Waals surface area contributed by atoms with Crippen LogP contribution in [0.2, 0.25) is 0 Å². The Kier molecular flexibility index (Phi) is 5.94. The minimum absolute atomic E-state index is 0.0490. The molecule has 7 nitrogen and oxygen atoms in total. The number of amides is 1. The summed E-state index contributed by atoms with van der Waals surface area (Å²) >= 11 is 3.19. The number of benzene rings is 2. The summed E-state index contributed by atoms with van der Waals surface area (Å²) < 4.78 is 38.2. The smallest absolute Gasteiger partial charge is 0.254 e. The SMILES string of the molecule is CS(=O)(=O)c1cccc(CNC(=O)c2ccc(-c3nc(Br)cnc3N)cc2F)c1. The fraction of sp³-hybridized carbons (Fsp3) is 0.105. The molecule has 0 fully saturated rings. The minimum atomic E-state index is -3.36. The maximum Gasteiger partial charge on any atom is 0.254 e. The molecule has 0 aliphatic rings. The van der Waals surface area contributed by atoms with Crippen LogP contribution in [0.4, 0.5) is 10.2 Å². The molecule has 3 rings (SSSR count). The third-order valence-electron chi connectivity index (χ3n) is 4.04. The fourth-order valence-corrected chi connectivity index (χ4v) is 3.57. The molecule has 0 saturated carbocycles. The Morgan fingerprint density at radius 1 is 1.24 bits per heavy atom. The number of nitrogens with zero attached hydrogens (tertiary/aromatic N) is 2. The van der Waals surface area contributed by atoms with Crippen molar-refractivity contribution in [2.24, 2.45) is 0 Å². The summed E-state index contributed by atoms with van der Waals surface area (Å²) in [6.45, 7) is 0.0490. The van der Waals surface area contributed by atoms with E-state index in [-0.39, 0.29) is 22.8 Å². The highest BCUT2D eigenvalue weighted by molar-refractivity contribution is 9.10. The van der Waals surface area contributed by atoms with Crippen molar-refractivity contribution in [3.8, 4) is 11.3 Å². The van der Waals surface area contributed by atoms with Crippen molar-refractivity contribution >= 4 is 37.5 Å². The summed E-state index contributed by atoms with van der Waals surface area (Å²) in [5.74, 6) is -1.24. The number of nitrogens with two attached hydrogens (primary N) is 1. The first kappa shape index (κ1) is 20.9. The van der Waals surface area contributed by atoms with E-state index in [1.54, 1.807) is 12.1 Å². The van der Waals surface area contributed by atoms with Crippen LogP contribution in [0, 0.1) is 5.82 Å². The van der Waals surface area contributed by atoms with E-state index in [9.17, 15) is 17.6 Å². The zero-order chi connectivity index (χ0) is 21.2. The van der Waals surface area contributed by atoms with E-state index in [0.29, 0.717) is 21.4 Å². The van der Waals surface area contributed by atoms with E-state index in [0.717, 1.165) is 12.3 Å². The normalized spacial score (nSPS) is 11.3. The Hall–Kier alpha value is -2.85. The van der Waals surface area contributed by atoms with Crippen molar-refractivity contribution in [3.05, 3.63) is 70.2 Å². The van der Waals surface area contributed by atoms with E-state index in [1.807, 2.05) is 0 Å². The van der Waals surface area contributed by atoms with Gasteiger partial charge in [-0.2, -0.15) is 0 Å². The molecule has 1 aromatic heterocycles. The molecule has 0 atom stereocenters. The van der Waals surface area contributed by atoms with E-state index >= 15 is 0 Å². The molecule has 2 aromatic carbocycles. The van der Waals surface area contributed by atoms with Crippen LogP contribution < -0.4 is 11.1 Å². The number of sulfone groups is 1. The summed E-state index contributed by atoms with van der Waals surface area (Å²) in [6.07, 6.45) is 2.53. The number of hydrogen-bond donors (Lipinski definition) is 2. The Balaban J connectivity index is 1.78. The number of carbonyl (C=O) groups is 1. The van der Waals surface area contributed by atoms with Crippen LogP contribution in [-0.4, -0.2) is 30.5 Å². The van der Waals surface area contributed by atoms with Crippen molar-refractivity contribution in [1.82, 2.24) is 15.3 Å². The van der Waals surface area contributed by atoms with Crippen LogP contribution >= 0.6 is 15.9 Å². The second-order valence-corrected chi connectivity index (χ2v) is 9.05. The van der Waals surface area contributed by atoms with Gasteiger partial charge < -0.3 is 11.1 Å². The first-order valence-electron chi connectivity index (χ1n) is 8.30. The number of halogens is 2. The van der Waals surface area contributed by atoms with Gasteiger partial charge in [-0.3, -0.25) is 4.79 Å². The lowest BCUT2D eigenvalue weighted by Crippen LogP contribution is -2.24. The van der Waals surface area contributed by atoms with Crippen LogP contribution in [0.3, 0.4) is 0 Å². The molecule has 0 saturated heterocycles. The Morgan fingerprint density at radius 3 is 2.69 bits per heavy atom. The van der Waals surface area contributed by atoms with Crippen molar-refractivity contribution < 1.29 is 17.6 Å². The maximum atomic E-state index is 14.5. The van der Waals surface area contributed by atoms with Crippen LogP contribution in [0.25, 0.3) is 11.3 Å². The van der Waals surface area contributed by atoms with Gasteiger partial charge in [0.15, 0.2) is 9.84 Å². The number of aromatic nitrogens is 2. The molecule has 29 heavy (non-hydrogen) atoms. The zero-order valence-corrected chi connectivity index (χ0v) is 17.6. The highest BCUT2D eigenvalue weighted by atomic mass is 79.9. The summed E-state index contributed by atoms with van der Waals surface area (Å²) in [5, 5.41) is 2.58. The van der Waals surface area contributed by atoms with Crippen molar-refractivity contribution in [3.63, 3.8) is 0 Å². The Labute approximate surface area is 175 Å². The molecule has 10 heteroatoms. The Morgan fingerprint density at radius 2 is 2.00 bits per heavy atom. The highest BCUT2D eigenvalue weighted by Crippen LogP contribution is 2.25. The molecular weight excluding hydrogens is 463 g/mol. The lowest BCUT2D eigenvalue weighted by atomic mass is 10.1. The van der Waals surface area contributed by atoms with Crippen LogP contribution in [0.15, 0.2) is 58.2 Å². The van der Waals surface area contributed by atoms with E-state index in [1.165, 1.54) is 30.5 Å². The number of rotatable bonds is 5. The van der Waals surface area contributed by atoms with Gasteiger partial charge in [-0.25, -0.2) is 22.8 Å². The summed E-state index contributed by atoms with van der Waals surface area (Å²) in [4.78, 5) is 20.6. The van der Waals surface area contributed by atoms with Gasteiger partial charge >= 0.3 is 0 Å². The second-order valence-electron chi connectivity index (χ2n) is 6.22. The van der Waals surface area contributed by atoms with E-state index < -0.39 is 21.6 Å². The van der Waals surface area contributed by atoms with Crippen molar-refractivity contribution in [2.75, 3.05) is 12.0 Å². The number of nitrogen functional groups attached to an aromatic ring is 1. The van der Waals surface area contributed by atoms with Crippen molar-refractivity contribution in [2.45, 2.75) is 11.4 Å². The molecule has 0 spiro atoms. The number of nitrogens with one attached hydrogen (secondary N) is 1. The number of anilines is 1. The molecule has 0 radical (unpaired) electrons. The minimum Gasteiger partial charge on any atom is -0.382 e. The molecule has 150 valence electrons. The van der Waals surface area contributed by atoms with Gasteiger partial charge in [-0.15, -0.1) is 0 Å². The third kappa shape index (κ3) is 4.96. The third-order valence-corrected chi connectivity index (χ3v) is 5.53. The summed E-state index contributed by atoms with van der Waals surface area (Å²) in [6, 6.07) is 10.2. The van der Waals surface area contributed by atoms with Crippen LogP contribution in [0.1, 0.15) is 15.9 Å². The first-order valence-corrected chi connectivity index (χ1v) is 11.0. The average molecular weight is 479 g/mol. The van der Waals surface area contributed by atoms with E-state index in [4.69, 9.17) is 5.73 Å². The molecule has 0 bridgehead atoms. The molecule has 3 N–H and O–H groups in total. The molecule has 0 aliphatic heterocycles. The summed E-state index contributed by atoms with van der Waals surface area (Å²) in [7, 11) is -3.36. The molecule has 3 aromatic rings. The topological polar surface area (TPSA) is 115 Å². The number of hydrogen-bond acceptors (Lipinski definition) is 6. The molecular formula is C19H16BrFN4O3S. The van der Waals surface area contributed by atoms with Crippen LogP contribution in [-0.2, 0) is 16.4 Å². The standard InChI is InChI=1S/C19H16BrFN4O3S/c1-29(27,28)13-4-2-3-11(7-13)9-24-19(26)14-6-5-12(8-15(14)21)17-18(22)23-10-16(20)25-17/h2-8,10H,9H2,1H3,(H2,22,23)(H,24,26). The maximum absolute atomic E-state index is 14.5. The van der Waals surface area contributed by atoms with Gasteiger partial charge in [0.1, 0.15) is 21.9 Å². The van der Waals surface area contributed by atoms with Gasteiger partial charge in [-0.05, 0) is 45.8 Å². The molecule has 0 unspecified atom stereocenters. The fourth-order valence-electron chi connectivity index (χ4n) is 2.60. The van der Waals surface area contributed by atoms with Gasteiger partial charge in [0, 0.05) is 18.4 Å². The average Bonchev–Trinajstić information content (AvgIpc) is 2.67. The highest BCUT2D eigenvalue weighted by Gasteiger charge is 2.15. The first-order chi connectivity index (χ1) is 13.6. The van der Waals surface area contributed by atoms with Crippen LogP contribution in [0.5, 0.6) is 0 Å². The largest absolute Gasteiger partial charge is 0.382 e. The Bertz CT molecular complexity index is 1200. The quantitative estimate of drug-likeness (QED) is 0.582. The molecule has 1 heterocycles. The lowest BCUT2D eigenvalue weighted by Gasteiger charge is -2.09. The monoisotopic (exact) mass is 478 g/mol. The van der Waals surface area contributed by atoms with Gasteiger partial charge in [-0.1, -0.05) is 18.2 Å². The van der Waals surface area contributed by atoms with Crippen molar-refractivity contribution in [1.29, 1.82) is 0 Å². The predicted octanol–water partition coefficient (Wildman–Crippen LogP) is 2.96. The van der Waals surface area contributed by atoms with Gasteiger partial charge in [0.05, 0.1) is 16.7 Å². The van der Waals surface area contributed by atoms with Gasteiger partial charge in [0.2, 0.25) is 0 Å². The molecule has 0 aliphatic carbocycles. The second kappa shape index (κ2) is 8.26. The lowest BCUT2D eigenvalue weighted by molar-refractivity contribution is 0.0947. The number of carbonyl (C=O) groups excluding carboxylic acids is 1. The summed E-state index contributed by atoms with van der Waals surface area (Å²) in [5.41, 5.74) is 6.88. The predicted molar refractivity (Wildman–Crippen MR) is 110 cm³/mol.